The van der Waals surface area contributed by atoms with Gasteiger partial charge in [-0.1, -0.05) is 35.2 Å². The van der Waals surface area contributed by atoms with Crippen molar-refractivity contribution in [2.24, 2.45) is 0 Å². The molecule has 0 saturated heterocycles. The van der Waals surface area contributed by atoms with Crippen molar-refractivity contribution in [3.05, 3.63) is 65.5 Å². The van der Waals surface area contributed by atoms with Crippen LogP contribution in [0, 0.1) is 17.1 Å². The van der Waals surface area contributed by atoms with Crippen LogP contribution in [0.2, 0.25) is 0 Å². The molecule has 1 aromatic heterocycles. The zero-order chi connectivity index (χ0) is 18.2. The molecule has 5 nitrogen and oxygen atoms in total. The number of hydrogen-bond acceptors (Lipinski definition) is 7. The highest BCUT2D eigenvalue weighted by molar-refractivity contribution is 8.01. The fourth-order valence-corrected chi connectivity index (χ4v) is 3.67. The molecule has 132 valence electrons. The molecule has 0 radical (unpaired) electrons. The lowest BCUT2D eigenvalue weighted by atomic mass is 10.2. The largest absolute Gasteiger partial charge is 0.493 e. The van der Waals surface area contributed by atoms with Crippen molar-refractivity contribution in [2.45, 2.75) is 10.9 Å². The predicted octanol–water partition coefficient (Wildman–Crippen LogP) is 4.33. The molecule has 3 aromatic rings. The lowest BCUT2D eigenvalue weighted by molar-refractivity contribution is 0.344. The quantitative estimate of drug-likeness (QED) is 0.459. The first-order chi connectivity index (χ1) is 12.7. The maximum absolute atomic E-state index is 12.9. The molecule has 2 aromatic carbocycles. The number of hydrogen-bond donors (Lipinski definition) is 1. The molecule has 0 fully saturated rings. The Kier molecular flexibility index (Phi) is 6.41. The average molecular weight is 386 g/mol. The second-order valence-corrected chi connectivity index (χ2v) is 7.51. The SMILES string of the molecule is N#Cc1ccc(OCCSc2nnc(NCc3ccc(F)cc3)s2)cc1. The first-order valence-corrected chi connectivity index (χ1v) is 9.61. The van der Waals surface area contributed by atoms with Gasteiger partial charge >= 0.3 is 0 Å². The number of rotatable bonds is 8. The van der Waals surface area contributed by atoms with Crippen LogP contribution in [0.1, 0.15) is 11.1 Å². The number of thioether (sulfide) groups is 1. The molecule has 0 aliphatic carbocycles. The summed E-state index contributed by atoms with van der Waals surface area (Å²) in [6.07, 6.45) is 0. The molecule has 0 saturated carbocycles. The number of benzene rings is 2. The molecule has 1 heterocycles. The molecule has 0 unspecified atom stereocenters. The summed E-state index contributed by atoms with van der Waals surface area (Å²) in [4.78, 5) is 0. The highest BCUT2D eigenvalue weighted by atomic mass is 32.2. The Bertz CT molecular complexity index is 875. The van der Waals surface area contributed by atoms with Gasteiger partial charge in [-0.15, -0.1) is 10.2 Å². The summed E-state index contributed by atoms with van der Waals surface area (Å²) in [6.45, 7) is 1.11. The van der Waals surface area contributed by atoms with Gasteiger partial charge in [-0.3, -0.25) is 0 Å². The number of ether oxygens (including phenoxy) is 1. The van der Waals surface area contributed by atoms with Crippen molar-refractivity contribution in [1.82, 2.24) is 10.2 Å². The first kappa shape index (κ1) is 18.2. The van der Waals surface area contributed by atoms with Crippen LogP contribution in [0.15, 0.2) is 52.9 Å². The Morgan fingerprint density at radius 1 is 1.12 bits per heavy atom. The van der Waals surface area contributed by atoms with Crippen molar-refractivity contribution < 1.29 is 9.13 Å². The van der Waals surface area contributed by atoms with E-state index in [1.54, 1.807) is 48.2 Å². The average Bonchev–Trinajstić information content (AvgIpc) is 3.13. The summed E-state index contributed by atoms with van der Waals surface area (Å²) in [7, 11) is 0. The lowest BCUT2D eigenvalue weighted by Crippen LogP contribution is -1.99. The molecule has 0 bridgehead atoms. The molecule has 3 rings (SSSR count). The zero-order valence-electron chi connectivity index (χ0n) is 13.7. The second-order valence-electron chi connectivity index (χ2n) is 5.19. The van der Waals surface area contributed by atoms with Crippen LogP contribution in [0.25, 0.3) is 0 Å². The molecule has 0 aliphatic rings. The van der Waals surface area contributed by atoms with E-state index in [2.05, 4.69) is 21.6 Å². The van der Waals surface area contributed by atoms with Crippen LogP contribution in [-0.2, 0) is 6.54 Å². The molecular weight excluding hydrogens is 371 g/mol. The van der Waals surface area contributed by atoms with Crippen LogP contribution in [0.4, 0.5) is 9.52 Å². The number of nitrogens with one attached hydrogen (secondary N) is 1. The topological polar surface area (TPSA) is 70.8 Å². The Morgan fingerprint density at radius 3 is 2.62 bits per heavy atom. The molecule has 0 aliphatic heterocycles. The molecule has 26 heavy (non-hydrogen) atoms. The maximum atomic E-state index is 12.9. The van der Waals surface area contributed by atoms with Gasteiger partial charge in [-0.05, 0) is 42.0 Å². The lowest BCUT2D eigenvalue weighted by Gasteiger charge is -2.04. The van der Waals surface area contributed by atoms with Gasteiger partial charge < -0.3 is 10.1 Å². The van der Waals surface area contributed by atoms with E-state index in [4.69, 9.17) is 10.00 Å². The summed E-state index contributed by atoms with van der Waals surface area (Å²) in [5, 5.41) is 20.9. The Morgan fingerprint density at radius 2 is 1.88 bits per heavy atom. The predicted molar refractivity (Wildman–Crippen MR) is 101 cm³/mol. The van der Waals surface area contributed by atoms with Crippen molar-refractivity contribution >= 4 is 28.2 Å². The smallest absolute Gasteiger partial charge is 0.206 e. The van der Waals surface area contributed by atoms with Gasteiger partial charge in [0.2, 0.25) is 5.13 Å². The Hall–Kier alpha value is -2.63. The van der Waals surface area contributed by atoms with Crippen molar-refractivity contribution in [3.8, 4) is 11.8 Å². The second kappa shape index (κ2) is 9.17. The number of nitriles is 1. The molecule has 8 heteroatoms. The van der Waals surface area contributed by atoms with Crippen LogP contribution in [-0.4, -0.2) is 22.6 Å². The summed E-state index contributed by atoms with van der Waals surface area (Å²) in [6, 6.07) is 15.4. The van der Waals surface area contributed by atoms with Crippen LogP contribution in [0.3, 0.4) is 0 Å². The molecule has 1 N–H and O–H groups in total. The van der Waals surface area contributed by atoms with Gasteiger partial charge in [0, 0.05) is 12.3 Å². The van der Waals surface area contributed by atoms with Crippen molar-refractivity contribution in [3.63, 3.8) is 0 Å². The molecule has 0 amide bonds. The third kappa shape index (κ3) is 5.44. The van der Waals surface area contributed by atoms with E-state index >= 15 is 0 Å². The van der Waals surface area contributed by atoms with Crippen LogP contribution >= 0.6 is 23.1 Å². The minimum Gasteiger partial charge on any atom is -0.493 e. The summed E-state index contributed by atoms with van der Waals surface area (Å²) in [5.41, 5.74) is 1.59. The number of aromatic nitrogens is 2. The van der Waals surface area contributed by atoms with Gasteiger partial charge in [0.05, 0.1) is 18.2 Å². The van der Waals surface area contributed by atoms with Gasteiger partial charge in [0.1, 0.15) is 11.6 Å². The fraction of sp³-hybridized carbons (Fsp3) is 0.167. The number of halogens is 1. The Labute approximate surface area is 158 Å². The van der Waals surface area contributed by atoms with E-state index in [1.165, 1.54) is 23.5 Å². The van der Waals surface area contributed by atoms with Crippen molar-refractivity contribution in [1.29, 1.82) is 5.26 Å². The Balaban J connectivity index is 1.39. The summed E-state index contributed by atoms with van der Waals surface area (Å²) < 4.78 is 19.4. The van der Waals surface area contributed by atoms with E-state index in [1.807, 2.05) is 0 Å². The maximum Gasteiger partial charge on any atom is 0.206 e. The molecule has 0 atom stereocenters. The van der Waals surface area contributed by atoms with E-state index < -0.39 is 0 Å². The third-order valence-corrected chi connectivity index (χ3v) is 5.30. The van der Waals surface area contributed by atoms with E-state index in [0.29, 0.717) is 18.7 Å². The minimum atomic E-state index is -0.244. The number of anilines is 1. The van der Waals surface area contributed by atoms with Gasteiger partial charge in [0.15, 0.2) is 4.34 Å². The van der Waals surface area contributed by atoms with Gasteiger partial charge in [0.25, 0.3) is 0 Å². The van der Waals surface area contributed by atoms with E-state index in [9.17, 15) is 4.39 Å². The van der Waals surface area contributed by atoms with Gasteiger partial charge in [-0.2, -0.15) is 5.26 Å². The van der Waals surface area contributed by atoms with Crippen molar-refractivity contribution in [2.75, 3.05) is 17.7 Å². The van der Waals surface area contributed by atoms with E-state index in [0.717, 1.165) is 26.5 Å². The van der Waals surface area contributed by atoms with E-state index in [-0.39, 0.29) is 5.82 Å². The first-order valence-electron chi connectivity index (χ1n) is 7.80. The van der Waals surface area contributed by atoms with Crippen LogP contribution in [0.5, 0.6) is 5.75 Å². The minimum absolute atomic E-state index is 0.244. The van der Waals surface area contributed by atoms with Crippen LogP contribution < -0.4 is 10.1 Å². The highest BCUT2D eigenvalue weighted by Crippen LogP contribution is 2.25. The number of nitrogens with zero attached hydrogens (tertiary/aromatic N) is 3. The van der Waals surface area contributed by atoms with Gasteiger partial charge in [-0.25, -0.2) is 4.39 Å². The molecule has 0 spiro atoms. The highest BCUT2D eigenvalue weighted by Gasteiger charge is 2.05. The third-order valence-electron chi connectivity index (χ3n) is 3.32. The standard InChI is InChI=1S/C18H15FN4OS2/c19-15-5-1-14(2-6-15)12-21-17-22-23-18(26-17)25-10-9-24-16-7-3-13(11-20)4-8-16/h1-8H,9-10,12H2,(H,21,22). The monoisotopic (exact) mass is 386 g/mol. The fourth-order valence-electron chi connectivity index (χ4n) is 2.03. The zero-order valence-corrected chi connectivity index (χ0v) is 15.3. The summed E-state index contributed by atoms with van der Waals surface area (Å²) >= 11 is 3.04. The molecular formula is C18H15FN4OS2. The summed E-state index contributed by atoms with van der Waals surface area (Å²) in [5.74, 6) is 1.24. The normalized spacial score (nSPS) is 10.3.